The largest absolute Gasteiger partial charge is 0.383 e. The number of halogens is 2. The molecule has 1 N–H and O–H groups in total. The molecule has 16 heavy (non-hydrogen) atoms. The van der Waals surface area contributed by atoms with Crippen LogP contribution in [-0.4, -0.2) is 10.1 Å². The highest BCUT2D eigenvalue weighted by molar-refractivity contribution is 9.10. The molecule has 5 heteroatoms. The smallest absolute Gasteiger partial charge is 0.115 e. The van der Waals surface area contributed by atoms with Gasteiger partial charge in [-0.05, 0) is 40.5 Å². The van der Waals surface area contributed by atoms with E-state index in [4.69, 9.17) is 11.6 Å². The van der Waals surface area contributed by atoms with Crippen molar-refractivity contribution in [2.75, 3.05) is 0 Å². The lowest BCUT2D eigenvalue weighted by atomic mass is 10.1. The van der Waals surface area contributed by atoms with Crippen LogP contribution in [0.1, 0.15) is 22.1 Å². The van der Waals surface area contributed by atoms with Crippen LogP contribution in [0.5, 0.6) is 0 Å². The predicted molar refractivity (Wildman–Crippen MR) is 70.1 cm³/mol. The first-order chi connectivity index (χ1) is 7.59. The van der Waals surface area contributed by atoms with Gasteiger partial charge in [0.25, 0.3) is 0 Å². The Labute approximate surface area is 111 Å². The van der Waals surface area contributed by atoms with E-state index in [1.165, 1.54) is 11.3 Å². The summed E-state index contributed by atoms with van der Waals surface area (Å²) in [5.41, 5.74) is 1.83. The topological polar surface area (TPSA) is 33.1 Å². The highest BCUT2D eigenvalue weighted by Crippen LogP contribution is 2.37. The maximum Gasteiger partial charge on any atom is 0.115 e. The maximum absolute atomic E-state index is 10.2. The standard InChI is InChI=1S/C11H9BrClNOS/c1-6-2-3-14-5-7(6)10(15)9-4-8(12)11(13)16-9/h2-5,10,15H,1H3. The van der Waals surface area contributed by atoms with Crippen LogP contribution in [0.3, 0.4) is 0 Å². The molecular weight excluding hydrogens is 310 g/mol. The molecular formula is C11H9BrClNOS. The van der Waals surface area contributed by atoms with Crippen molar-refractivity contribution in [1.29, 1.82) is 0 Å². The third kappa shape index (κ3) is 2.30. The minimum absolute atomic E-state index is 0.649. The molecule has 2 nitrogen and oxygen atoms in total. The number of pyridine rings is 1. The first kappa shape index (κ1) is 12.0. The van der Waals surface area contributed by atoms with E-state index in [2.05, 4.69) is 20.9 Å². The average Bonchev–Trinajstić information content (AvgIpc) is 2.59. The molecule has 0 amide bonds. The molecule has 0 saturated heterocycles. The lowest BCUT2D eigenvalue weighted by Gasteiger charge is -2.10. The van der Waals surface area contributed by atoms with E-state index in [9.17, 15) is 5.11 Å². The molecule has 2 aromatic heterocycles. The minimum atomic E-state index is -0.664. The Kier molecular flexibility index (Phi) is 3.64. The van der Waals surface area contributed by atoms with Crippen LogP contribution in [0.25, 0.3) is 0 Å². The zero-order valence-corrected chi connectivity index (χ0v) is 11.6. The number of hydrogen-bond donors (Lipinski definition) is 1. The van der Waals surface area contributed by atoms with Crippen molar-refractivity contribution in [2.24, 2.45) is 0 Å². The molecule has 0 aliphatic heterocycles. The lowest BCUT2D eigenvalue weighted by Crippen LogP contribution is -2.00. The minimum Gasteiger partial charge on any atom is -0.383 e. The second kappa shape index (κ2) is 4.84. The van der Waals surface area contributed by atoms with Crippen molar-refractivity contribution in [3.8, 4) is 0 Å². The Morgan fingerprint density at radius 3 is 2.88 bits per heavy atom. The molecule has 0 radical (unpaired) electrons. The Balaban J connectivity index is 2.39. The van der Waals surface area contributed by atoms with Crippen LogP contribution in [0.2, 0.25) is 4.34 Å². The van der Waals surface area contributed by atoms with Gasteiger partial charge in [0.15, 0.2) is 0 Å². The summed E-state index contributed by atoms with van der Waals surface area (Å²) in [4.78, 5) is 4.83. The van der Waals surface area contributed by atoms with Crippen molar-refractivity contribution in [3.63, 3.8) is 0 Å². The summed E-state index contributed by atoms with van der Waals surface area (Å²) in [6.07, 6.45) is 2.73. The number of rotatable bonds is 2. The predicted octanol–water partition coefficient (Wildman–Crippen LogP) is 3.95. The lowest BCUT2D eigenvalue weighted by molar-refractivity contribution is 0.223. The maximum atomic E-state index is 10.2. The van der Waals surface area contributed by atoms with E-state index in [-0.39, 0.29) is 0 Å². The molecule has 0 spiro atoms. The summed E-state index contributed by atoms with van der Waals surface area (Å²) in [6.45, 7) is 1.95. The summed E-state index contributed by atoms with van der Waals surface area (Å²) < 4.78 is 1.46. The molecule has 2 heterocycles. The molecule has 1 atom stereocenters. The fourth-order valence-electron chi connectivity index (χ4n) is 1.41. The number of aromatic nitrogens is 1. The monoisotopic (exact) mass is 317 g/mol. The first-order valence-corrected chi connectivity index (χ1v) is 6.61. The van der Waals surface area contributed by atoms with Gasteiger partial charge in [0, 0.05) is 27.3 Å². The van der Waals surface area contributed by atoms with Crippen molar-refractivity contribution in [2.45, 2.75) is 13.0 Å². The molecule has 0 bridgehead atoms. The summed E-state index contributed by atoms with van der Waals surface area (Å²) in [5.74, 6) is 0. The van der Waals surface area contributed by atoms with Gasteiger partial charge >= 0.3 is 0 Å². The number of thiophene rings is 1. The van der Waals surface area contributed by atoms with Gasteiger partial charge in [0.1, 0.15) is 10.4 Å². The fourth-order valence-corrected chi connectivity index (χ4v) is 3.16. The number of aryl methyl sites for hydroxylation is 1. The van der Waals surface area contributed by atoms with Gasteiger partial charge in [-0.1, -0.05) is 11.6 Å². The van der Waals surface area contributed by atoms with Gasteiger partial charge < -0.3 is 5.11 Å². The van der Waals surface area contributed by atoms with Crippen molar-refractivity contribution >= 4 is 38.9 Å². The molecule has 2 rings (SSSR count). The second-order valence-corrected chi connectivity index (χ2v) is 5.95. The van der Waals surface area contributed by atoms with Crippen molar-refractivity contribution in [1.82, 2.24) is 4.98 Å². The van der Waals surface area contributed by atoms with Gasteiger partial charge in [0.05, 0.1) is 0 Å². The van der Waals surface area contributed by atoms with E-state index < -0.39 is 6.10 Å². The highest BCUT2D eigenvalue weighted by atomic mass is 79.9. The molecule has 84 valence electrons. The quantitative estimate of drug-likeness (QED) is 0.909. The molecule has 0 saturated carbocycles. The highest BCUT2D eigenvalue weighted by Gasteiger charge is 2.16. The van der Waals surface area contributed by atoms with Gasteiger partial charge in [-0.3, -0.25) is 4.98 Å². The summed E-state index contributed by atoms with van der Waals surface area (Å²) in [6, 6.07) is 3.72. The van der Waals surface area contributed by atoms with Crippen LogP contribution < -0.4 is 0 Å². The van der Waals surface area contributed by atoms with Crippen LogP contribution >= 0.6 is 38.9 Å². The van der Waals surface area contributed by atoms with Crippen molar-refractivity contribution in [3.05, 3.63) is 49.3 Å². The van der Waals surface area contributed by atoms with E-state index >= 15 is 0 Å². The fraction of sp³-hybridized carbons (Fsp3) is 0.182. The average molecular weight is 319 g/mol. The van der Waals surface area contributed by atoms with E-state index in [1.807, 2.05) is 19.1 Å². The molecule has 0 aliphatic rings. The van der Waals surface area contributed by atoms with Crippen molar-refractivity contribution < 1.29 is 5.11 Å². The summed E-state index contributed by atoms with van der Waals surface area (Å²) >= 11 is 10.6. The van der Waals surface area contributed by atoms with Gasteiger partial charge in [-0.15, -0.1) is 11.3 Å². The third-order valence-corrected chi connectivity index (χ3v) is 4.84. The Bertz CT molecular complexity index is 495. The van der Waals surface area contributed by atoms with Gasteiger partial charge in [0.2, 0.25) is 0 Å². The molecule has 0 fully saturated rings. The number of nitrogens with zero attached hydrogens (tertiary/aromatic N) is 1. The molecule has 2 aromatic rings. The SMILES string of the molecule is Cc1ccncc1C(O)c1cc(Br)c(Cl)s1. The molecule has 1 unspecified atom stereocenters. The number of aliphatic hydroxyl groups is 1. The van der Waals surface area contributed by atoms with Gasteiger partial charge in [-0.2, -0.15) is 0 Å². The molecule has 0 aliphatic carbocycles. The first-order valence-electron chi connectivity index (χ1n) is 4.63. The van der Waals surface area contributed by atoms with Gasteiger partial charge in [-0.25, -0.2) is 0 Å². The van der Waals surface area contributed by atoms with Crippen LogP contribution in [0.15, 0.2) is 29.0 Å². The molecule has 0 aromatic carbocycles. The van der Waals surface area contributed by atoms with E-state index in [1.54, 1.807) is 12.4 Å². The third-order valence-electron chi connectivity index (χ3n) is 2.31. The number of hydrogen-bond acceptors (Lipinski definition) is 3. The summed E-state index contributed by atoms with van der Waals surface area (Å²) in [5, 5.41) is 10.2. The number of aliphatic hydroxyl groups excluding tert-OH is 1. The Morgan fingerprint density at radius 2 is 2.31 bits per heavy atom. The zero-order valence-electron chi connectivity index (χ0n) is 8.45. The Morgan fingerprint density at radius 1 is 1.56 bits per heavy atom. The zero-order chi connectivity index (χ0) is 11.7. The van der Waals surface area contributed by atoms with Crippen LogP contribution in [-0.2, 0) is 0 Å². The summed E-state index contributed by atoms with van der Waals surface area (Å²) in [7, 11) is 0. The van der Waals surface area contributed by atoms with E-state index in [0.29, 0.717) is 4.34 Å². The van der Waals surface area contributed by atoms with Crippen LogP contribution in [0, 0.1) is 6.92 Å². The normalized spacial score (nSPS) is 12.8. The second-order valence-electron chi connectivity index (χ2n) is 3.41. The Hall–Kier alpha value is -0.420. The van der Waals surface area contributed by atoms with E-state index in [0.717, 1.165) is 20.5 Å². The van der Waals surface area contributed by atoms with Crippen LogP contribution in [0.4, 0.5) is 0 Å².